The fraction of sp³-hybridized carbons (Fsp3) is 0.875. The van der Waals surface area contributed by atoms with Gasteiger partial charge in [0.2, 0.25) is 0 Å². The highest BCUT2D eigenvalue weighted by atomic mass is 19.1. The van der Waals surface area contributed by atoms with Crippen molar-refractivity contribution < 1.29 is 18.7 Å². The van der Waals surface area contributed by atoms with Crippen molar-refractivity contribution in [2.24, 2.45) is 0 Å². The molecule has 0 aliphatic rings. The second-order valence-electron chi connectivity index (χ2n) is 2.34. The fourth-order valence-electron chi connectivity index (χ4n) is 0.671. The lowest BCUT2D eigenvalue weighted by Crippen LogP contribution is -2.10. The van der Waals surface area contributed by atoms with Crippen LogP contribution in [0.5, 0.6) is 0 Å². The Balaban J connectivity index is 3.08. The first-order valence-corrected chi connectivity index (χ1v) is 4.16. The summed E-state index contributed by atoms with van der Waals surface area (Å²) in [7, 11) is 0. The van der Waals surface area contributed by atoms with Crippen LogP contribution in [0.3, 0.4) is 0 Å². The maximum atomic E-state index is 11.5. The van der Waals surface area contributed by atoms with Gasteiger partial charge in [0.05, 0.1) is 6.61 Å². The Morgan fingerprint density at radius 1 is 1.25 bits per heavy atom. The summed E-state index contributed by atoms with van der Waals surface area (Å²) in [6.45, 7) is 1.54. The first kappa shape index (κ1) is 11.2. The van der Waals surface area contributed by atoms with E-state index in [2.05, 4.69) is 16.4 Å². The van der Waals surface area contributed by atoms with Gasteiger partial charge in [-0.2, -0.15) is 0 Å². The normalized spacial score (nSPS) is 9.50. The number of unbranched alkanes of at least 4 members (excludes halogenated alkanes) is 2. The molecular weight excluding hydrogens is 163 g/mol. The SMILES string of the molecule is CCCCCOC(=O)OCCF. The average molecular weight is 178 g/mol. The number of halogens is 1. The molecule has 72 valence electrons. The van der Waals surface area contributed by atoms with E-state index in [-0.39, 0.29) is 6.61 Å². The summed E-state index contributed by atoms with van der Waals surface area (Å²) in [5, 5.41) is 0. The molecule has 0 unspecified atom stereocenters. The van der Waals surface area contributed by atoms with E-state index in [1.807, 2.05) is 0 Å². The van der Waals surface area contributed by atoms with E-state index in [4.69, 9.17) is 0 Å². The molecule has 0 rings (SSSR count). The third-order valence-corrected chi connectivity index (χ3v) is 1.26. The first-order valence-electron chi connectivity index (χ1n) is 4.16. The van der Waals surface area contributed by atoms with E-state index >= 15 is 0 Å². The summed E-state index contributed by atoms with van der Waals surface area (Å²) in [4.78, 5) is 10.6. The Bertz CT molecular complexity index is 117. The van der Waals surface area contributed by atoms with E-state index in [1.165, 1.54) is 0 Å². The van der Waals surface area contributed by atoms with Crippen LogP contribution in [-0.4, -0.2) is 26.0 Å². The largest absolute Gasteiger partial charge is 0.508 e. The third-order valence-electron chi connectivity index (χ3n) is 1.26. The minimum Gasteiger partial charge on any atom is -0.434 e. The quantitative estimate of drug-likeness (QED) is 0.462. The van der Waals surface area contributed by atoms with Gasteiger partial charge in [-0.1, -0.05) is 19.8 Å². The van der Waals surface area contributed by atoms with Crippen LogP contribution >= 0.6 is 0 Å². The van der Waals surface area contributed by atoms with Crippen molar-refractivity contribution in [3.8, 4) is 0 Å². The zero-order chi connectivity index (χ0) is 9.23. The number of alkyl halides is 1. The van der Waals surface area contributed by atoms with Crippen molar-refractivity contribution in [1.82, 2.24) is 0 Å². The lowest BCUT2D eigenvalue weighted by atomic mass is 10.3. The molecule has 0 radical (unpaired) electrons. The number of ether oxygens (including phenoxy) is 2. The molecule has 0 atom stereocenters. The zero-order valence-electron chi connectivity index (χ0n) is 7.35. The van der Waals surface area contributed by atoms with Crippen LogP contribution in [0.1, 0.15) is 26.2 Å². The van der Waals surface area contributed by atoms with Crippen LogP contribution in [0.2, 0.25) is 0 Å². The predicted molar refractivity (Wildman–Crippen MR) is 42.8 cm³/mol. The molecule has 0 amide bonds. The Kier molecular flexibility index (Phi) is 7.74. The number of carbonyl (C=O) groups is 1. The zero-order valence-corrected chi connectivity index (χ0v) is 7.35. The Morgan fingerprint density at radius 3 is 2.50 bits per heavy atom. The molecule has 0 aromatic heterocycles. The van der Waals surface area contributed by atoms with Crippen LogP contribution in [-0.2, 0) is 9.47 Å². The van der Waals surface area contributed by atoms with Gasteiger partial charge in [-0.05, 0) is 6.42 Å². The highest BCUT2D eigenvalue weighted by molar-refractivity contribution is 5.59. The van der Waals surface area contributed by atoms with Gasteiger partial charge in [-0.25, -0.2) is 9.18 Å². The summed E-state index contributed by atoms with van der Waals surface area (Å²) in [5.74, 6) is 0. The summed E-state index contributed by atoms with van der Waals surface area (Å²) in [6.07, 6.45) is 2.16. The lowest BCUT2D eigenvalue weighted by molar-refractivity contribution is 0.0502. The highest BCUT2D eigenvalue weighted by Crippen LogP contribution is 1.95. The van der Waals surface area contributed by atoms with Gasteiger partial charge < -0.3 is 9.47 Å². The molecule has 0 fully saturated rings. The van der Waals surface area contributed by atoms with Crippen molar-refractivity contribution >= 4 is 6.16 Å². The molecule has 3 nitrogen and oxygen atoms in total. The smallest absolute Gasteiger partial charge is 0.434 e. The van der Waals surface area contributed by atoms with Gasteiger partial charge in [0.1, 0.15) is 13.3 Å². The summed E-state index contributed by atoms with van der Waals surface area (Å²) in [6, 6.07) is 0. The van der Waals surface area contributed by atoms with E-state index in [1.54, 1.807) is 0 Å². The molecule has 12 heavy (non-hydrogen) atoms. The van der Waals surface area contributed by atoms with Crippen LogP contribution in [0, 0.1) is 0 Å². The Hall–Kier alpha value is -0.800. The molecule has 4 heteroatoms. The summed E-state index contributed by atoms with van der Waals surface area (Å²) in [5.41, 5.74) is 0. The summed E-state index contributed by atoms with van der Waals surface area (Å²) >= 11 is 0. The number of hydrogen-bond donors (Lipinski definition) is 0. The predicted octanol–water partition coefficient (Wildman–Crippen LogP) is 2.30. The number of carbonyl (C=O) groups excluding carboxylic acids is 1. The van der Waals surface area contributed by atoms with E-state index in [9.17, 15) is 9.18 Å². The molecule has 0 saturated heterocycles. The summed E-state index contributed by atoms with van der Waals surface area (Å²) < 4.78 is 20.4. The van der Waals surface area contributed by atoms with Crippen LogP contribution in [0.25, 0.3) is 0 Å². The maximum absolute atomic E-state index is 11.5. The fourth-order valence-corrected chi connectivity index (χ4v) is 0.671. The molecular formula is C8H15FO3. The topological polar surface area (TPSA) is 35.5 Å². The second-order valence-corrected chi connectivity index (χ2v) is 2.34. The molecule has 0 bridgehead atoms. The van der Waals surface area contributed by atoms with Crippen LogP contribution in [0.15, 0.2) is 0 Å². The highest BCUT2D eigenvalue weighted by Gasteiger charge is 2.01. The standard InChI is InChI=1S/C8H15FO3/c1-2-3-4-6-11-8(10)12-7-5-9/h2-7H2,1H3. The average Bonchev–Trinajstić information content (AvgIpc) is 2.09. The van der Waals surface area contributed by atoms with Crippen molar-refractivity contribution in [2.45, 2.75) is 26.2 Å². The van der Waals surface area contributed by atoms with E-state index < -0.39 is 12.8 Å². The lowest BCUT2D eigenvalue weighted by Gasteiger charge is -2.03. The minimum atomic E-state index is -0.774. The van der Waals surface area contributed by atoms with Gasteiger partial charge in [-0.15, -0.1) is 0 Å². The first-order chi connectivity index (χ1) is 5.81. The van der Waals surface area contributed by atoms with Gasteiger partial charge in [0, 0.05) is 0 Å². The van der Waals surface area contributed by atoms with Crippen molar-refractivity contribution in [1.29, 1.82) is 0 Å². The molecule has 0 aliphatic heterocycles. The third kappa shape index (κ3) is 7.31. The van der Waals surface area contributed by atoms with Crippen LogP contribution < -0.4 is 0 Å². The number of rotatable bonds is 6. The Morgan fingerprint density at radius 2 is 1.92 bits per heavy atom. The van der Waals surface area contributed by atoms with Crippen molar-refractivity contribution in [2.75, 3.05) is 19.9 Å². The second kappa shape index (κ2) is 8.30. The molecule has 0 aromatic carbocycles. The van der Waals surface area contributed by atoms with Crippen LogP contribution in [0.4, 0.5) is 9.18 Å². The van der Waals surface area contributed by atoms with Gasteiger partial charge in [0.25, 0.3) is 0 Å². The van der Waals surface area contributed by atoms with Gasteiger partial charge in [0.15, 0.2) is 0 Å². The maximum Gasteiger partial charge on any atom is 0.508 e. The number of hydrogen-bond acceptors (Lipinski definition) is 3. The van der Waals surface area contributed by atoms with Crippen molar-refractivity contribution in [3.05, 3.63) is 0 Å². The molecule has 0 spiro atoms. The van der Waals surface area contributed by atoms with E-state index in [0.29, 0.717) is 6.61 Å². The molecule has 0 aromatic rings. The van der Waals surface area contributed by atoms with Gasteiger partial charge in [-0.3, -0.25) is 0 Å². The van der Waals surface area contributed by atoms with E-state index in [0.717, 1.165) is 19.3 Å². The molecule has 0 heterocycles. The molecule has 0 N–H and O–H groups in total. The monoisotopic (exact) mass is 178 g/mol. The Labute approximate surface area is 71.8 Å². The van der Waals surface area contributed by atoms with Crippen molar-refractivity contribution in [3.63, 3.8) is 0 Å². The molecule has 0 aliphatic carbocycles. The van der Waals surface area contributed by atoms with Gasteiger partial charge >= 0.3 is 6.16 Å². The minimum absolute atomic E-state index is 0.216. The molecule has 0 saturated carbocycles.